The summed E-state index contributed by atoms with van der Waals surface area (Å²) in [4.78, 5) is 0. The van der Waals surface area contributed by atoms with Gasteiger partial charge in [0.05, 0.1) is 0 Å². The van der Waals surface area contributed by atoms with E-state index in [9.17, 15) is 5.11 Å². The third kappa shape index (κ3) is 2.67. The third-order valence-electron chi connectivity index (χ3n) is 6.25. The molecule has 0 aromatic heterocycles. The van der Waals surface area contributed by atoms with Crippen molar-refractivity contribution < 1.29 is 17.5 Å². The van der Waals surface area contributed by atoms with Gasteiger partial charge in [-0.05, 0) is 0 Å². The van der Waals surface area contributed by atoms with Crippen LogP contribution in [0.25, 0.3) is 0 Å². The Bertz CT molecular complexity index is 475. The van der Waals surface area contributed by atoms with Crippen LogP contribution < -0.4 is 16.0 Å². The zero-order valence-electron chi connectivity index (χ0n) is 13.3. The van der Waals surface area contributed by atoms with Gasteiger partial charge in [-0.3, -0.25) is 0 Å². The van der Waals surface area contributed by atoms with Crippen molar-refractivity contribution in [2.75, 3.05) is 0 Å². The Morgan fingerprint density at radius 3 is 2.38 bits per heavy atom. The minimum absolute atomic E-state index is 0. The van der Waals surface area contributed by atoms with Crippen molar-refractivity contribution in [3.05, 3.63) is 30.3 Å². The Balaban J connectivity index is 0.00000161. The van der Waals surface area contributed by atoms with Gasteiger partial charge in [-0.1, -0.05) is 0 Å². The minimum atomic E-state index is -1.31. The normalized spacial score (nSPS) is 33.2. The van der Waals surface area contributed by atoms with Crippen LogP contribution in [0.3, 0.4) is 0 Å². The zero-order valence-corrected chi connectivity index (χ0v) is 16.4. The van der Waals surface area contributed by atoms with Crippen LogP contribution in [0.5, 0.6) is 0 Å². The summed E-state index contributed by atoms with van der Waals surface area (Å²) in [6, 6.07) is 11.2. The molecule has 2 bridgehead atoms. The van der Waals surface area contributed by atoms with Gasteiger partial charge in [-0.25, -0.2) is 0 Å². The van der Waals surface area contributed by atoms with Gasteiger partial charge in [-0.2, -0.15) is 0 Å². The molecule has 1 N–H and O–H groups in total. The van der Waals surface area contributed by atoms with Crippen LogP contribution in [0.2, 0.25) is 8.94 Å². The Morgan fingerprint density at radius 2 is 1.90 bits per heavy atom. The first-order valence-electron chi connectivity index (χ1n) is 7.92. The summed E-state index contributed by atoms with van der Waals surface area (Å²) in [7, 11) is 0. The number of hydrogen-bond donors (Lipinski definition) is 1. The van der Waals surface area contributed by atoms with E-state index in [0.29, 0.717) is 5.41 Å². The van der Waals surface area contributed by atoms with Gasteiger partial charge < -0.3 is 12.4 Å². The maximum Gasteiger partial charge on any atom is -1.00 e. The number of aliphatic hydroxyl groups excluding tert-OH is 1. The van der Waals surface area contributed by atoms with E-state index >= 15 is 0 Å². The number of rotatable bonds is 4. The first kappa shape index (κ1) is 17.6. The van der Waals surface area contributed by atoms with Crippen molar-refractivity contribution in [3.8, 4) is 0 Å². The van der Waals surface area contributed by atoms with Gasteiger partial charge in [-0.15, -0.1) is 0 Å². The first-order chi connectivity index (χ1) is 9.51. The van der Waals surface area contributed by atoms with E-state index in [4.69, 9.17) is 0 Å². The van der Waals surface area contributed by atoms with Crippen molar-refractivity contribution in [2.24, 2.45) is 16.7 Å². The number of hydrogen-bond acceptors (Lipinski definition) is 1. The summed E-state index contributed by atoms with van der Waals surface area (Å²) < 4.78 is 4.27. The van der Waals surface area contributed by atoms with Crippen LogP contribution >= 0.6 is 0 Å². The SMILES string of the molecule is CC[Te+](C[C@]12CC[C@H](C[C@H]1O)C2(C)C)c1ccccc1.[Cl-]. The first-order valence-corrected chi connectivity index (χ1v) is 12.4. The van der Waals surface area contributed by atoms with E-state index in [1.54, 1.807) is 3.61 Å². The van der Waals surface area contributed by atoms with Crippen molar-refractivity contribution >= 4 is 23.2 Å². The Morgan fingerprint density at radius 1 is 1.24 bits per heavy atom. The summed E-state index contributed by atoms with van der Waals surface area (Å²) in [6.45, 7) is 7.22. The van der Waals surface area contributed by atoms with Crippen molar-refractivity contribution in [1.29, 1.82) is 0 Å². The summed E-state index contributed by atoms with van der Waals surface area (Å²) in [5.41, 5.74) is 0.565. The molecule has 1 nitrogen and oxygen atoms in total. The molecule has 0 radical (unpaired) electrons. The van der Waals surface area contributed by atoms with Gasteiger partial charge in [0.25, 0.3) is 0 Å². The molecule has 0 heterocycles. The van der Waals surface area contributed by atoms with Crippen LogP contribution in [0.15, 0.2) is 30.3 Å². The number of benzene rings is 1. The Labute approximate surface area is 142 Å². The molecule has 0 unspecified atom stereocenters. The molecule has 1 aromatic rings. The summed E-state index contributed by atoms with van der Waals surface area (Å²) in [5, 5.41) is 10.7. The van der Waals surface area contributed by atoms with E-state index in [0.717, 1.165) is 12.3 Å². The molecule has 2 aliphatic rings. The number of aliphatic hydroxyl groups is 1. The summed E-state index contributed by atoms with van der Waals surface area (Å²) in [5.74, 6) is 0.755. The molecule has 0 amide bonds. The fourth-order valence-electron chi connectivity index (χ4n) is 4.66. The average molecular weight is 422 g/mol. The van der Waals surface area contributed by atoms with Gasteiger partial charge in [0, 0.05) is 0 Å². The van der Waals surface area contributed by atoms with E-state index in [2.05, 4.69) is 51.1 Å². The fraction of sp³-hybridized carbons (Fsp3) is 0.667. The topological polar surface area (TPSA) is 20.2 Å². The second-order valence-electron chi connectivity index (χ2n) is 7.10. The maximum absolute atomic E-state index is 10.7. The molecule has 0 saturated heterocycles. The molecule has 2 fully saturated rings. The zero-order chi connectivity index (χ0) is 14.4. The quantitative estimate of drug-likeness (QED) is 0.705. The molecule has 3 heteroatoms. The summed E-state index contributed by atoms with van der Waals surface area (Å²) >= 11 is -1.31. The molecule has 3 atom stereocenters. The maximum atomic E-state index is 10.7. The van der Waals surface area contributed by atoms with Crippen LogP contribution in [-0.2, 0) is 0 Å². The Kier molecular flexibility index (Phi) is 5.37. The third-order valence-corrected chi connectivity index (χ3v) is 13.4. The molecule has 3 rings (SSSR count). The smallest absolute Gasteiger partial charge is 1.00 e. The van der Waals surface area contributed by atoms with E-state index < -0.39 is 19.6 Å². The van der Waals surface area contributed by atoms with E-state index in [1.165, 1.54) is 21.8 Å². The van der Waals surface area contributed by atoms with Gasteiger partial charge >= 0.3 is 130 Å². The molecule has 0 aliphatic heterocycles. The Hall–Kier alpha value is 0.260. The predicted molar refractivity (Wildman–Crippen MR) is 86.7 cm³/mol. The largest absolute Gasteiger partial charge is 1.00 e. The van der Waals surface area contributed by atoms with Crippen molar-refractivity contribution in [2.45, 2.75) is 55.1 Å². The van der Waals surface area contributed by atoms with Crippen molar-refractivity contribution in [3.63, 3.8) is 0 Å². The van der Waals surface area contributed by atoms with Crippen LogP contribution in [0, 0.1) is 16.7 Å². The average Bonchev–Trinajstić information content (AvgIpc) is 2.80. The molecule has 1 aromatic carbocycles. The van der Waals surface area contributed by atoms with Crippen LogP contribution in [0.1, 0.15) is 40.0 Å². The second-order valence-corrected chi connectivity index (χ2v) is 13.7. The summed E-state index contributed by atoms with van der Waals surface area (Å²) in [6.07, 6.45) is 3.61. The van der Waals surface area contributed by atoms with Crippen LogP contribution in [0.4, 0.5) is 0 Å². The molecule has 118 valence electrons. The van der Waals surface area contributed by atoms with Gasteiger partial charge in [0.1, 0.15) is 0 Å². The minimum Gasteiger partial charge on any atom is -1.00 e. The van der Waals surface area contributed by atoms with E-state index in [-0.39, 0.29) is 23.9 Å². The van der Waals surface area contributed by atoms with Gasteiger partial charge in [0.15, 0.2) is 0 Å². The monoisotopic (exact) mass is 424 g/mol. The molecular formula is C18H27ClOTe. The standard InChI is InChI=1S/C18H27OTe.ClH/c1-4-20(15-8-6-5-7-9-15)13-18-11-10-14(12-16(18)19)17(18,2)3;/h5-9,14,16,19H,4,10-13H2,1-3H3;1H/q+1;/p-1/t14-,16-,18-;/m1./s1. The second kappa shape index (κ2) is 6.40. The predicted octanol–water partition coefficient (Wildman–Crippen LogP) is 0.600. The van der Waals surface area contributed by atoms with Crippen LogP contribution in [-0.4, -0.2) is 30.8 Å². The van der Waals surface area contributed by atoms with E-state index in [1.807, 2.05) is 0 Å². The molecule has 21 heavy (non-hydrogen) atoms. The van der Waals surface area contributed by atoms with Crippen molar-refractivity contribution in [1.82, 2.24) is 0 Å². The molecule has 2 aliphatic carbocycles. The number of fused-ring (bicyclic) bond motifs is 2. The van der Waals surface area contributed by atoms with Gasteiger partial charge in [0.2, 0.25) is 0 Å². The molecular weight excluding hydrogens is 395 g/mol. The fourth-order valence-corrected chi connectivity index (χ4v) is 12.0. The molecule has 0 spiro atoms. The number of halogens is 1. The molecule has 2 saturated carbocycles.